The second-order valence-corrected chi connectivity index (χ2v) is 8.79. The molecule has 0 bridgehead atoms. The van der Waals surface area contributed by atoms with Crippen LogP contribution in [0.15, 0.2) is 18.2 Å². The highest BCUT2D eigenvalue weighted by molar-refractivity contribution is 6.05. The highest BCUT2D eigenvalue weighted by atomic mass is 16.6. The molecule has 1 saturated heterocycles. The van der Waals surface area contributed by atoms with E-state index in [2.05, 4.69) is 10.6 Å². The summed E-state index contributed by atoms with van der Waals surface area (Å²) in [7, 11) is 0. The van der Waals surface area contributed by atoms with E-state index in [1.165, 1.54) is 4.90 Å². The number of anilines is 1. The van der Waals surface area contributed by atoms with Gasteiger partial charge in [0.1, 0.15) is 17.7 Å². The Morgan fingerprint density at radius 1 is 1.30 bits per heavy atom. The van der Waals surface area contributed by atoms with Crippen molar-refractivity contribution in [1.29, 1.82) is 0 Å². The van der Waals surface area contributed by atoms with Gasteiger partial charge >= 0.3 is 5.97 Å². The van der Waals surface area contributed by atoms with Crippen molar-refractivity contribution in [1.82, 2.24) is 10.2 Å². The minimum atomic E-state index is -0.645. The molecule has 8 heteroatoms. The number of rotatable bonds is 6. The second-order valence-electron chi connectivity index (χ2n) is 8.79. The maximum Gasteiger partial charge on any atom is 0.329 e. The molecule has 0 radical (unpaired) electrons. The predicted octanol–water partition coefficient (Wildman–Crippen LogP) is 2.37. The lowest BCUT2D eigenvalue weighted by Gasteiger charge is -2.29. The van der Waals surface area contributed by atoms with Gasteiger partial charge in [-0.3, -0.25) is 19.7 Å². The number of benzene rings is 1. The Balaban J connectivity index is 1.74. The number of nitrogens with one attached hydrogen (secondary N) is 2. The minimum absolute atomic E-state index is 0.219. The molecule has 1 aromatic carbocycles. The number of piperidine rings is 1. The second kappa shape index (κ2) is 8.45. The average Bonchev–Trinajstić information content (AvgIpc) is 2.96. The minimum Gasteiger partial charge on any atom is -0.458 e. The quantitative estimate of drug-likeness (QED) is 0.546. The summed E-state index contributed by atoms with van der Waals surface area (Å²) in [4.78, 5) is 50.4. The molecule has 8 nitrogen and oxygen atoms in total. The van der Waals surface area contributed by atoms with Crippen molar-refractivity contribution in [3.63, 3.8) is 0 Å². The van der Waals surface area contributed by atoms with Crippen molar-refractivity contribution < 1.29 is 23.9 Å². The zero-order valence-corrected chi connectivity index (χ0v) is 17.9. The fraction of sp³-hybridized carbons (Fsp3) is 0.545. The van der Waals surface area contributed by atoms with Gasteiger partial charge in [-0.25, -0.2) is 4.79 Å². The zero-order chi connectivity index (χ0) is 22.1. The summed E-state index contributed by atoms with van der Waals surface area (Å²) in [5, 5.41) is 5.53. The third kappa shape index (κ3) is 4.80. The highest BCUT2D eigenvalue weighted by Gasteiger charge is 2.39. The molecular formula is C22H29N3O5. The molecule has 2 heterocycles. The van der Waals surface area contributed by atoms with Crippen LogP contribution in [0, 0.1) is 0 Å². The molecule has 30 heavy (non-hydrogen) atoms. The first-order valence-electron chi connectivity index (χ1n) is 10.4. The van der Waals surface area contributed by atoms with Gasteiger partial charge in [0.15, 0.2) is 0 Å². The van der Waals surface area contributed by atoms with Crippen LogP contribution in [0.1, 0.15) is 69.3 Å². The topological polar surface area (TPSA) is 105 Å². The molecule has 3 amide bonds. The van der Waals surface area contributed by atoms with E-state index in [0.29, 0.717) is 24.9 Å². The maximum atomic E-state index is 12.8. The molecule has 1 fully saturated rings. The first-order valence-corrected chi connectivity index (χ1v) is 10.4. The van der Waals surface area contributed by atoms with Crippen molar-refractivity contribution in [3.8, 4) is 0 Å². The van der Waals surface area contributed by atoms with Crippen LogP contribution in [0.2, 0.25) is 0 Å². The summed E-state index contributed by atoms with van der Waals surface area (Å²) >= 11 is 0. The van der Waals surface area contributed by atoms with Crippen molar-refractivity contribution >= 4 is 29.4 Å². The Kier molecular flexibility index (Phi) is 6.14. The summed E-state index contributed by atoms with van der Waals surface area (Å²) in [5.74, 6) is -1.27. The Morgan fingerprint density at radius 2 is 2.03 bits per heavy atom. The Bertz CT molecular complexity index is 874. The lowest BCUT2D eigenvalue weighted by Crippen LogP contribution is -2.52. The molecule has 1 aromatic rings. The lowest BCUT2D eigenvalue weighted by molar-refractivity contribution is -0.156. The van der Waals surface area contributed by atoms with Crippen LogP contribution >= 0.6 is 0 Å². The summed E-state index contributed by atoms with van der Waals surface area (Å²) in [6.45, 7) is 7.79. The van der Waals surface area contributed by atoms with Crippen LogP contribution in [-0.4, -0.2) is 46.3 Å². The molecule has 3 rings (SSSR count). The summed E-state index contributed by atoms with van der Waals surface area (Å²) in [5.41, 5.74) is 1.47. The van der Waals surface area contributed by atoms with E-state index in [9.17, 15) is 19.2 Å². The number of imide groups is 1. The van der Waals surface area contributed by atoms with E-state index in [1.54, 1.807) is 12.1 Å². The van der Waals surface area contributed by atoms with E-state index < -0.39 is 23.6 Å². The summed E-state index contributed by atoms with van der Waals surface area (Å²) < 4.78 is 5.52. The Morgan fingerprint density at radius 3 is 2.67 bits per heavy atom. The van der Waals surface area contributed by atoms with Crippen LogP contribution < -0.4 is 10.6 Å². The first-order chi connectivity index (χ1) is 14.1. The Labute approximate surface area is 176 Å². The third-order valence-electron chi connectivity index (χ3n) is 5.13. The van der Waals surface area contributed by atoms with Crippen molar-refractivity contribution in [3.05, 3.63) is 29.3 Å². The molecule has 0 saturated carbocycles. The first kappa shape index (κ1) is 21.8. The van der Waals surface area contributed by atoms with E-state index in [1.807, 2.05) is 33.8 Å². The van der Waals surface area contributed by atoms with Gasteiger partial charge in [0, 0.05) is 24.2 Å². The number of esters is 1. The van der Waals surface area contributed by atoms with Crippen LogP contribution in [0.4, 0.5) is 5.69 Å². The fourth-order valence-electron chi connectivity index (χ4n) is 3.78. The zero-order valence-electron chi connectivity index (χ0n) is 17.9. The van der Waals surface area contributed by atoms with Crippen molar-refractivity contribution in [2.24, 2.45) is 0 Å². The van der Waals surface area contributed by atoms with Gasteiger partial charge in [-0.15, -0.1) is 0 Å². The highest BCUT2D eigenvalue weighted by Crippen LogP contribution is 2.30. The standard InChI is InChI=1S/C22H29N3O5/c1-5-6-16(21(29)30-22(2,3)4)23-14-7-8-15-13(11-14)12-25(20(15)28)17-9-10-18(26)24-19(17)27/h7-8,11,16-17,23H,5-6,9-10,12H2,1-4H3,(H,24,26,27). The van der Waals surface area contributed by atoms with E-state index in [4.69, 9.17) is 4.74 Å². The fourth-order valence-corrected chi connectivity index (χ4v) is 3.78. The smallest absolute Gasteiger partial charge is 0.329 e. The van der Waals surface area contributed by atoms with Gasteiger partial charge in [-0.2, -0.15) is 0 Å². The molecule has 0 spiro atoms. The van der Waals surface area contributed by atoms with E-state index in [-0.39, 0.29) is 24.2 Å². The van der Waals surface area contributed by atoms with Gasteiger partial charge in [-0.1, -0.05) is 13.3 Å². The number of ether oxygens (including phenoxy) is 1. The van der Waals surface area contributed by atoms with E-state index >= 15 is 0 Å². The third-order valence-corrected chi connectivity index (χ3v) is 5.13. The van der Waals surface area contributed by atoms with Crippen molar-refractivity contribution in [2.45, 2.75) is 77.6 Å². The summed E-state index contributed by atoms with van der Waals surface area (Å²) in [6.07, 6.45) is 1.97. The van der Waals surface area contributed by atoms with Crippen LogP contribution in [0.25, 0.3) is 0 Å². The predicted molar refractivity (Wildman–Crippen MR) is 111 cm³/mol. The number of amides is 3. The molecular weight excluding hydrogens is 386 g/mol. The average molecular weight is 415 g/mol. The molecule has 2 unspecified atom stereocenters. The molecule has 2 N–H and O–H groups in total. The van der Waals surface area contributed by atoms with E-state index in [0.717, 1.165) is 17.7 Å². The normalized spacial score (nSPS) is 19.9. The molecule has 2 aliphatic rings. The maximum absolute atomic E-state index is 12.8. The number of hydrogen-bond donors (Lipinski definition) is 2. The summed E-state index contributed by atoms with van der Waals surface area (Å²) in [6, 6.07) is 4.18. The van der Waals surface area contributed by atoms with Gasteiger partial charge in [0.05, 0.1) is 0 Å². The van der Waals surface area contributed by atoms with Crippen LogP contribution in [0.5, 0.6) is 0 Å². The number of nitrogens with zero attached hydrogens (tertiary/aromatic N) is 1. The monoisotopic (exact) mass is 415 g/mol. The largest absolute Gasteiger partial charge is 0.458 e. The molecule has 0 aromatic heterocycles. The van der Waals surface area contributed by atoms with Crippen LogP contribution in [0.3, 0.4) is 0 Å². The SMILES string of the molecule is CCCC(Nc1ccc2c(c1)CN(C1CCC(=O)NC1=O)C2=O)C(=O)OC(C)(C)C. The molecule has 2 aliphatic heterocycles. The number of carbonyl (C=O) groups excluding carboxylic acids is 4. The van der Waals surface area contributed by atoms with Gasteiger partial charge in [-0.05, 0) is 57.4 Å². The number of fused-ring (bicyclic) bond motifs is 1. The number of hydrogen-bond acceptors (Lipinski definition) is 6. The van der Waals surface area contributed by atoms with Gasteiger partial charge in [0.25, 0.3) is 5.91 Å². The Hall–Kier alpha value is -2.90. The molecule has 162 valence electrons. The molecule has 2 atom stereocenters. The molecule has 0 aliphatic carbocycles. The van der Waals surface area contributed by atoms with Gasteiger partial charge in [0.2, 0.25) is 11.8 Å². The number of carbonyl (C=O) groups is 4. The van der Waals surface area contributed by atoms with Crippen LogP contribution in [-0.2, 0) is 25.7 Å². The lowest BCUT2D eigenvalue weighted by atomic mass is 10.0. The van der Waals surface area contributed by atoms with Gasteiger partial charge < -0.3 is 15.0 Å². The van der Waals surface area contributed by atoms with Crippen molar-refractivity contribution in [2.75, 3.05) is 5.32 Å².